The van der Waals surface area contributed by atoms with Crippen LogP contribution in [0.4, 0.5) is 0 Å². The van der Waals surface area contributed by atoms with Gasteiger partial charge in [-0.2, -0.15) is 0 Å². The van der Waals surface area contributed by atoms with Crippen LogP contribution in [0.5, 0.6) is 0 Å². The molecule has 0 fully saturated rings. The topological polar surface area (TPSA) is 69.5 Å². The molecule has 0 saturated heterocycles. The molecule has 3 N–H and O–H groups in total. The van der Waals surface area contributed by atoms with E-state index in [0.29, 0.717) is 6.54 Å². The molecule has 1 unspecified atom stereocenters. The second-order valence-corrected chi connectivity index (χ2v) is 8.39. The zero-order chi connectivity index (χ0) is 19.6. The molecule has 0 spiro atoms. The van der Waals surface area contributed by atoms with E-state index in [-0.39, 0.29) is 36.5 Å². The van der Waals surface area contributed by atoms with Gasteiger partial charge in [-0.3, -0.25) is 4.99 Å². The van der Waals surface area contributed by atoms with Crippen LogP contribution in [-0.4, -0.2) is 42.3 Å². The Morgan fingerprint density at radius 2 is 2.00 bits per heavy atom. The number of nitrogens with zero attached hydrogens (tertiary/aromatic N) is 2. The number of benzene rings is 1. The van der Waals surface area contributed by atoms with Crippen LogP contribution in [0.1, 0.15) is 53.2 Å². The fraction of sp³-hybridized carbons (Fsp3) is 0.545. The Labute approximate surface area is 195 Å². The summed E-state index contributed by atoms with van der Waals surface area (Å²) in [5.41, 5.74) is 2.47. The monoisotopic (exact) mass is 528 g/mol. The van der Waals surface area contributed by atoms with Crippen molar-refractivity contribution in [2.75, 3.05) is 26.2 Å². The second-order valence-electron chi connectivity index (χ2n) is 7.22. The molecular formula is C22H33IN4OS. The number of aryl methyl sites for hydroxylation is 3. The van der Waals surface area contributed by atoms with Gasteiger partial charge in [0.05, 0.1) is 23.9 Å². The number of aromatic nitrogens is 1. The number of hydrogen-bond acceptors (Lipinski definition) is 4. The fourth-order valence-electron chi connectivity index (χ4n) is 3.50. The van der Waals surface area contributed by atoms with Gasteiger partial charge in [0.15, 0.2) is 5.96 Å². The molecule has 0 amide bonds. The minimum Gasteiger partial charge on any atom is -0.396 e. The highest BCUT2D eigenvalue weighted by Gasteiger charge is 2.14. The number of aliphatic hydroxyl groups excluding tert-OH is 1. The lowest BCUT2D eigenvalue weighted by Gasteiger charge is -2.15. The quantitative estimate of drug-likeness (QED) is 0.200. The van der Waals surface area contributed by atoms with Gasteiger partial charge in [-0.25, -0.2) is 4.98 Å². The first-order valence-corrected chi connectivity index (χ1v) is 11.3. The molecule has 1 aromatic carbocycles. The van der Waals surface area contributed by atoms with E-state index in [1.165, 1.54) is 34.8 Å². The summed E-state index contributed by atoms with van der Waals surface area (Å²) in [7, 11) is 0. The van der Waals surface area contributed by atoms with Gasteiger partial charge >= 0.3 is 0 Å². The minimum atomic E-state index is 0. The number of guanidine groups is 1. The zero-order valence-corrected chi connectivity index (χ0v) is 20.3. The van der Waals surface area contributed by atoms with Crippen LogP contribution < -0.4 is 10.6 Å². The molecule has 160 valence electrons. The molecule has 5 nitrogen and oxygen atoms in total. The lowest BCUT2D eigenvalue weighted by molar-refractivity contribution is 0.268. The van der Waals surface area contributed by atoms with Gasteiger partial charge in [-0.15, -0.1) is 35.3 Å². The van der Waals surface area contributed by atoms with Gasteiger partial charge in [-0.1, -0.05) is 30.3 Å². The minimum absolute atomic E-state index is 0. The first-order chi connectivity index (χ1) is 13.8. The highest BCUT2D eigenvalue weighted by atomic mass is 127. The lowest BCUT2D eigenvalue weighted by atomic mass is 10.0. The number of aliphatic hydroxyl groups is 1. The fourth-order valence-corrected chi connectivity index (χ4v) is 4.69. The third kappa shape index (κ3) is 7.53. The lowest BCUT2D eigenvalue weighted by Crippen LogP contribution is -2.38. The van der Waals surface area contributed by atoms with Gasteiger partial charge in [0.25, 0.3) is 0 Å². The van der Waals surface area contributed by atoms with Crippen LogP contribution >= 0.6 is 35.3 Å². The van der Waals surface area contributed by atoms with Crippen molar-refractivity contribution in [1.29, 1.82) is 0 Å². The maximum Gasteiger partial charge on any atom is 0.191 e. The number of hydrogen-bond donors (Lipinski definition) is 3. The first kappa shape index (κ1) is 24.1. The van der Waals surface area contributed by atoms with Crippen LogP contribution in [0.25, 0.3) is 0 Å². The van der Waals surface area contributed by atoms with Crippen LogP contribution in [0.3, 0.4) is 0 Å². The summed E-state index contributed by atoms with van der Waals surface area (Å²) in [5.74, 6) is 0.841. The zero-order valence-electron chi connectivity index (χ0n) is 17.2. The number of thiazole rings is 1. The second kappa shape index (κ2) is 13.2. The van der Waals surface area contributed by atoms with Crippen molar-refractivity contribution in [2.45, 2.75) is 51.4 Å². The smallest absolute Gasteiger partial charge is 0.191 e. The summed E-state index contributed by atoms with van der Waals surface area (Å²) in [6.07, 6.45) is 7.05. The van der Waals surface area contributed by atoms with Crippen molar-refractivity contribution in [2.24, 2.45) is 4.99 Å². The molecule has 3 rings (SSSR count). The third-order valence-electron chi connectivity index (χ3n) is 5.06. The van der Waals surface area contributed by atoms with E-state index in [4.69, 9.17) is 4.98 Å². The summed E-state index contributed by atoms with van der Waals surface area (Å²) in [5, 5.41) is 17.7. The standard InChI is InChI=1S/C22H32N4OS.HI/c1-2-23-22(25-15-18(16-27)17-9-4-3-5-10-17)24-14-8-13-21-26-19-11-6-7-12-20(19)28-21;/h3-5,9-10,18,27H,2,6-8,11-16H2,1H3,(H2,23,24,25);1H. The number of nitrogens with one attached hydrogen (secondary N) is 2. The Bertz CT molecular complexity index is 727. The molecule has 0 radical (unpaired) electrons. The Balaban J connectivity index is 0.00000300. The summed E-state index contributed by atoms with van der Waals surface area (Å²) < 4.78 is 0. The first-order valence-electron chi connectivity index (χ1n) is 10.5. The Kier molecular flexibility index (Phi) is 10.9. The van der Waals surface area contributed by atoms with E-state index in [0.717, 1.165) is 43.9 Å². The van der Waals surface area contributed by atoms with Crippen LogP contribution in [-0.2, 0) is 19.3 Å². The number of fused-ring (bicyclic) bond motifs is 1. The van der Waals surface area contributed by atoms with Crippen LogP contribution in [0.2, 0.25) is 0 Å². The van der Waals surface area contributed by atoms with Gasteiger partial charge in [-0.05, 0) is 44.6 Å². The average molecular weight is 529 g/mol. The summed E-state index contributed by atoms with van der Waals surface area (Å²) >= 11 is 1.91. The van der Waals surface area contributed by atoms with Gasteiger partial charge in [0.1, 0.15) is 0 Å². The predicted octanol–water partition coefficient (Wildman–Crippen LogP) is 3.90. The van der Waals surface area contributed by atoms with Crippen molar-refractivity contribution in [1.82, 2.24) is 15.6 Å². The SMILES string of the molecule is CCNC(=NCC(CO)c1ccccc1)NCCCc1nc2c(s1)CCCC2.I. The van der Waals surface area contributed by atoms with E-state index in [1.54, 1.807) is 0 Å². The highest BCUT2D eigenvalue weighted by Crippen LogP contribution is 2.27. The average Bonchev–Trinajstić information content (AvgIpc) is 3.15. The molecule has 2 aromatic rings. The maximum atomic E-state index is 9.72. The molecule has 1 aliphatic rings. The molecule has 1 aliphatic carbocycles. The molecule has 1 atom stereocenters. The van der Waals surface area contributed by atoms with E-state index in [1.807, 2.05) is 41.7 Å². The van der Waals surface area contributed by atoms with Gasteiger partial charge < -0.3 is 15.7 Å². The number of halogens is 1. The molecule has 1 aromatic heterocycles. The van der Waals surface area contributed by atoms with E-state index in [2.05, 4.69) is 22.5 Å². The normalized spacial score (nSPS) is 14.6. The maximum absolute atomic E-state index is 9.72. The van der Waals surface area contributed by atoms with Crippen LogP contribution in [0, 0.1) is 0 Å². The highest BCUT2D eigenvalue weighted by molar-refractivity contribution is 14.0. The van der Waals surface area contributed by atoms with E-state index in [9.17, 15) is 5.11 Å². The van der Waals surface area contributed by atoms with Gasteiger partial charge in [0.2, 0.25) is 0 Å². The molecule has 29 heavy (non-hydrogen) atoms. The molecule has 7 heteroatoms. The number of aliphatic imine (C=N–C) groups is 1. The molecule has 0 saturated carbocycles. The van der Waals surface area contributed by atoms with E-state index < -0.39 is 0 Å². The molecule has 0 aliphatic heterocycles. The predicted molar refractivity (Wildman–Crippen MR) is 133 cm³/mol. The largest absolute Gasteiger partial charge is 0.396 e. The summed E-state index contributed by atoms with van der Waals surface area (Å²) in [4.78, 5) is 11.0. The van der Waals surface area contributed by atoms with Crippen molar-refractivity contribution in [3.63, 3.8) is 0 Å². The third-order valence-corrected chi connectivity index (χ3v) is 6.27. The molecule has 1 heterocycles. The van der Waals surface area contributed by atoms with Crippen molar-refractivity contribution in [3.05, 3.63) is 51.5 Å². The Morgan fingerprint density at radius 1 is 1.21 bits per heavy atom. The Hall–Kier alpha value is -1.19. The molecule has 0 bridgehead atoms. The molecular weight excluding hydrogens is 495 g/mol. The number of rotatable bonds is 9. The van der Waals surface area contributed by atoms with Gasteiger partial charge in [0, 0.05) is 30.3 Å². The van der Waals surface area contributed by atoms with Crippen LogP contribution in [0.15, 0.2) is 35.3 Å². The van der Waals surface area contributed by atoms with Crippen molar-refractivity contribution in [3.8, 4) is 0 Å². The summed E-state index contributed by atoms with van der Waals surface area (Å²) in [6, 6.07) is 10.1. The Morgan fingerprint density at radius 3 is 2.72 bits per heavy atom. The van der Waals surface area contributed by atoms with Crippen molar-refractivity contribution < 1.29 is 5.11 Å². The van der Waals surface area contributed by atoms with E-state index >= 15 is 0 Å². The van der Waals surface area contributed by atoms with Crippen molar-refractivity contribution >= 4 is 41.3 Å². The summed E-state index contributed by atoms with van der Waals surface area (Å²) in [6.45, 7) is 4.42.